The molecule has 0 atom stereocenters. The van der Waals surface area contributed by atoms with Crippen LogP contribution in [0.3, 0.4) is 0 Å². The van der Waals surface area contributed by atoms with Crippen LogP contribution in [0.4, 0.5) is 11.6 Å². The third-order valence-electron chi connectivity index (χ3n) is 2.12. The molecule has 0 aliphatic rings. The predicted molar refractivity (Wildman–Crippen MR) is 57.6 cm³/mol. The van der Waals surface area contributed by atoms with Crippen molar-refractivity contribution in [3.63, 3.8) is 0 Å². The van der Waals surface area contributed by atoms with E-state index in [1.54, 1.807) is 0 Å². The molecule has 14 heavy (non-hydrogen) atoms. The Morgan fingerprint density at radius 1 is 1.21 bits per heavy atom. The minimum absolute atomic E-state index is 0.417. The molecule has 5 N–H and O–H groups in total. The average molecular weight is 188 g/mol. The maximum atomic E-state index is 5.84. The standard InChI is InChI=1S/C10H12N4/c1-6-9(14-10(12)13-6)7-4-2-3-5-8(7)11/h2-5H,11H2,1H3,(H3,12,13,14). The summed E-state index contributed by atoms with van der Waals surface area (Å²) in [5.74, 6) is 0.417. The summed E-state index contributed by atoms with van der Waals surface area (Å²) >= 11 is 0. The fraction of sp³-hybridized carbons (Fsp3) is 0.100. The molecule has 0 unspecified atom stereocenters. The Morgan fingerprint density at radius 3 is 2.50 bits per heavy atom. The van der Waals surface area contributed by atoms with E-state index >= 15 is 0 Å². The van der Waals surface area contributed by atoms with Crippen molar-refractivity contribution in [3.8, 4) is 11.3 Å². The van der Waals surface area contributed by atoms with Gasteiger partial charge in [0.05, 0.1) is 5.69 Å². The highest BCUT2D eigenvalue weighted by Crippen LogP contribution is 2.26. The fourth-order valence-corrected chi connectivity index (χ4v) is 1.46. The first-order valence-corrected chi connectivity index (χ1v) is 4.35. The van der Waals surface area contributed by atoms with E-state index in [2.05, 4.69) is 9.97 Å². The van der Waals surface area contributed by atoms with Crippen molar-refractivity contribution in [2.75, 3.05) is 11.5 Å². The summed E-state index contributed by atoms with van der Waals surface area (Å²) in [4.78, 5) is 7.13. The first-order valence-electron chi connectivity index (χ1n) is 4.35. The van der Waals surface area contributed by atoms with E-state index in [1.165, 1.54) is 0 Å². The molecule has 0 saturated heterocycles. The molecule has 0 amide bonds. The first-order chi connectivity index (χ1) is 6.68. The van der Waals surface area contributed by atoms with E-state index in [4.69, 9.17) is 11.5 Å². The minimum atomic E-state index is 0.417. The number of aryl methyl sites for hydroxylation is 1. The molecular weight excluding hydrogens is 176 g/mol. The van der Waals surface area contributed by atoms with Gasteiger partial charge in [-0.25, -0.2) is 4.98 Å². The maximum absolute atomic E-state index is 5.84. The summed E-state index contributed by atoms with van der Waals surface area (Å²) in [7, 11) is 0. The lowest BCUT2D eigenvalue weighted by Gasteiger charge is -2.01. The molecule has 0 saturated carbocycles. The number of nitrogen functional groups attached to an aromatic ring is 2. The number of benzene rings is 1. The molecule has 0 aliphatic heterocycles. The molecule has 2 aromatic rings. The number of aromatic amines is 1. The second kappa shape index (κ2) is 3.06. The van der Waals surface area contributed by atoms with Crippen LogP contribution in [0.25, 0.3) is 11.3 Å². The van der Waals surface area contributed by atoms with Crippen LogP contribution < -0.4 is 11.5 Å². The van der Waals surface area contributed by atoms with Crippen LogP contribution in [0.15, 0.2) is 24.3 Å². The van der Waals surface area contributed by atoms with E-state index in [9.17, 15) is 0 Å². The Balaban J connectivity index is 2.60. The van der Waals surface area contributed by atoms with E-state index in [0.29, 0.717) is 11.6 Å². The summed E-state index contributed by atoms with van der Waals surface area (Å²) in [6.07, 6.45) is 0. The van der Waals surface area contributed by atoms with Crippen molar-refractivity contribution in [3.05, 3.63) is 30.0 Å². The molecule has 0 radical (unpaired) electrons. The van der Waals surface area contributed by atoms with Crippen LogP contribution in [0.1, 0.15) is 5.69 Å². The highest BCUT2D eigenvalue weighted by atomic mass is 15.0. The summed E-state index contributed by atoms with van der Waals surface area (Å²) in [6.45, 7) is 1.92. The topological polar surface area (TPSA) is 80.7 Å². The zero-order valence-corrected chi connectivity index (χ0v) is 7.91. The van der Waals surface area contributed by atoms with Crippen molar-refractivity contribution in [1.29, 1.82) is 0 Å². The predicted octanol–water partition coefficient (Wildman–Crippen LogP) is 1.55. The number of anilines is 2. The molecular formula is C10H12N4. The average Bonchev–Trinajstić information content (AvgIpc) is 2.46. The molecule has 0 bridgehead atoms. The van der Waals surface area contributed by atoms with E-state index < -0.39 is 0 Å². The van der Waals surface area contributed by atoms with Crippen LogP contribution in [-0.2, 0) is 0 Å². The summed E-state index contributed by atoms with van der Waals surface area (Å²) in [5.41, 5.74) is 14.8. The first kappa shape index (κ1) is 8.62. The Kier molecular flexibility index (Phi) is 1.89. The van der Waals surface area contributed by atoms with Crippen LogP contribution >= 0.6 is 0 Å². The van der Waals surface area contributed by atoms with E-state index in [0.717, 1.165) is 17.0 Å². The summed E-state index contributed by atoms with van der Waals surface area (Å²) in [5, 5.41) is 0. The third kappa shape index (κ3) is 1.31. The second-order valence-corrected chi connectivity index (χ2v) is 3.18. The van der Waals surface area contributed by atoms with Gasteiger partial charge in [0, 0.05) is 16.9 Å². The smallest absolute Gasteiger partial charge is 0.198 e. The van der Waals surface area contributed by atoms with Gasteiger partial charge in [-0.05, 0) is 13.0 Å². The fourth-order valence-electron chi connectivity index (χ4n) is 1.46. The minimum Gasteiger partial charge on any atom is -0.398 e. The number of H-pyrrole nitrogens is 1. The van der Waals surface area contributed by atoms with Gasteiger partial charge in [0.15, 0.2) is 5.95 Å². The number of nitrogens with two attached hydrogens (primary N) is 2. The van der Waals surface area contributed by atoms with Crippen LogP contribution in [0.2, 0.25) is 0 Å². The molecule has 0 spiro atoms. The molecule has 72 valence electrons. The number of aromatic nitrogens is 2. The van der Waals surface area contributed by atoms with Gasteiger partial charge in [-0.3, -0.25) is 0 Å². The molecule has 1 heterocycles. The van der Waals surface area contributed by atoms with Gasteiger partial charge in [-0.2, -0.15) is 0 Å². The molecule has 4 heteroatoms. The number of rotatable bonds is 1. The largest absolute Gasteiger partial charge is 0.398 e. The number of hydrogen-bond donors (Lipinski definition) is 3. The maximum Gasteiger partial charge on any atom is 0.198 e. The Labute approximate surface area is 82.0 Å². The van der Waals surface area contributed by atoms with E-state index in [1.807, 2.05) is 31.2 Å². The van der Waals surface area contributed by atoms with Gasteiger partial charge < -0.3 is 16.5 Å². The van der Waals surface area contributed by atoms with Crippen LogP contribution in [-0.4, -0.2) is 9.97 Å². The Morgan fingerprint density at radius 2 is 1.93 bits per heavy atom. The van der Waals surface area contributed by atoms with E-state index in [-0.39, 0.29) is 0 Å². The monoisotopic (exact) mass is 188 g/mol. The lowest BCUT2D eigenvalue weighted by Crippen LogP contribution is -1.91. The molecule has 4 nitrogen and oxygen atoms in total. The highest BCUT2D eigenvalue weighted by molar-refractivity contribution is 5.75. The van der Waals surface area contributed by atoms with Crippen LogP contribution in [0.5, 0.6) is 0 Å². The quantitative estimate of drug-likeness (QED) is 0.594. The third-order valence-corrected chi connectivity index (χ3v) is 2.12. The summed E-state index contributed by atoms with van der Waals surface area (Å²) < 4.78 is 0. The number of imidazole rings is 1. The lowest BCUT2D eigenvalue weighted by atomic mass is 10.1. The molecule has 1 aromatic carbocycles. The van der Waals surface area contributed by atoms with Crippen LogP contribution in [0, 0.1) is 6.92 Å². The zero-order valence-electron chi connectivity index (χ0n) is 7.91. The lowest BCUT2D eigenvalue weighted by molar-refractivity contribution is 1.26. The molecule has 2 rings (SSSR count). The van der Waals surface area contributed by atoms with Gasteiger partial charge in [-0.1, -0.05) is 18.2 Å². The van der Waals surface area contributed by atoms with Crippen molar-refractivity contribution < 1.29 is 0 Å². The number of hydrogen-bond acceptors (Lipinski definition) is 3. The molecule has 0 aliphatic carbocycles. The van der Waals surface area contributed by atoms with Crippen molar-refractivity contribution >= 4 is 11.6 Å². The number of nitrogens with one attached hydrogen (secondary N) is 1. The van der Waals surface area contributed by atoms with Gasteiger partial charge in [0.1, 0.15) is 0 Å². The van der Waals surface area contributed by atoms with Crippen molar-refractivity contribution in [2.45, 2.75) is 6.92 Å². The normalized spacial score (nSPS) is 10.4. The number of nitrogens with zero attached hydrogens (tertiary/aromatic N) is 1. The second-order valence-electron chi connectivity index (χ2n) is 3.18. The van der Waals surface area contributed by atoms with Crippen molar-refractivity contribution in [1.82, 2.24) is 9.97 Å². The van der Waals surface area contributed by atoms with Gasteiger partial charge in [0.2, 0.25) is 0 Å². The molecule has 1 aromatic heterocycles. The highest BCUT2D eigenvalue weighted by Gasteiger charge is 2.09. The Hall–Kier alpha value is -1.97. The Bertz CT molecular complexity index is 459. The number of para-hydroxylation sites is 1. The zero-order chi connectivity index (χ0) is 10.1. The summed E-state index contributed by atoms with van der Waals surface area (Å²) in [6, 6.07) is 7.60. The van der Waals surface area contributed by atoms with Gasteiger partial charge >= 0.3 is 0 Å². The molecule has 0 fully saturated rings. The van der Waals surface area contributed by atoms with Crippen molar-refractivity contribution in [2.24, 2.45) is 0 Å². The SMILES string of the molecule is Cc1[nH]c(N)nc1-c1ccccc1N. The van der Waals surface area contributed by atoms with Gasteiger partial charge in [-0.15, -0.1) is 0 Å². The van der Waals surface area contributed by atoms with Gasteiger partial charge in [0.25, 0.3) is 0 Å².